The summed E-state index contributed by atoms with van der Waals surface area (Å²) < 4.78 is 0. The predicted molar refractivity (Wildman–Crippen MR) is 91.8 cm³/mol. The first kappa shape index (κ1) is 14.9. The Morgan fingerprint density at radius 1 is 1.17 bits per heavy atom. The summed E-state index contributed by atoms with van der Waals surface area (Å²) in [6, 6.07) is 10.4. The van der Waals surface area contributed by atoms with Gasteiger partial charge in [0.2, 0.25) is 0 Å². The molecule has 0 spiro atoms. The maximum absolute atomic E-state index is 11.3. The molecule has 1 unspecified atom stereocenters. The lowest BCUT2D eigenvalue weighted by molar-refractivity contribution is -0.141. The van der Waals surface area contributed by atoms with E-state index < -0.39 is 5.97 Å². The van der Waals surface area contributed by atoms with E-state index in [1.807, 2.05) is 12.1 Å². The van der Waals surface area contributed by atoms with Crippen molar-refractivity contribution in [2.45, 2.75) is 19.3 Å². The second kappa shape index (κ2) is 6.11. The molecular weight excluding hydrogens is 304 g/mol. The Bertz CT molecular complexity index is 764. The fraction of sp³-hybridized carbons (Fsp3) is 0.389. The van der Waals surface area contributed by atoms with Crippen molar-refractivity contribution in [3.05, 3.63) is 42.2 Å². The quantitative estimate of drug-likeness (QED) is 0.935. The smallest absolute Gasteiger partial charge is 0.308 e. The Morgan fingerprint density at radius 2 is 2.00 bits per heavy atom. The number of aliphatic carboxylic acids is 1. The fourth-order valence-corrected chi connectivity index (χ4v) is 3.62. The fourth-order valence-electron chi connectivity index (χ4n) is 3.62. The molecule has 1 atom stereocenters. The van der Waals surface area contributed by atoms with Gasteiger partial charge in [0.1, 0.15) is 18.0 Å². The molecule has 0 radical (unpaired) electrons. The number of carbonyl (C=O) groups is 1. The standard InChI is InChI=1S/C18H20N4O2/c23-18(24)14-5-3-8-21(11-14)16-10-17(20-12-19-16)22-9-7-13-4-1-2-6-15(13)22/h1-2,4,6,10,12,14H,3,5,7-9,11H2,(H,23,24). The molecule has 24 heavy (non-hydrogen) atoms. The van der Waals surface area contributed by atoms with Gasteiger partial charge in [0.25, 0.3) is 0 Å². The average Bonchev–Trinajstić information content (AvgIpc) is 3.06. The van der Waals surface area contributed by atoms with Crippen molar-refractivity contribution in [3.8, 4) is 0 Å². The number of aromatic nitrogens is 2. The van der Waals surface area contributed by atoms with Crippen LogP contribution in [-0.2, 0) is 11.2 Å². The molecule has 2 aromatic rings. The Balaban J connectivity index is 1.60. The van der Waals surface area contributed by atoms with E-state index in [4.69, 9.17) is 0 Å². The van der Waals surface area contributed by atoms with E-state index in [-0.39, 0.29) is 5.92 Å². The van der Waals surface area contributed by atoms with Crippen molar-refractivity contribution >= 4 is 23.3 Å². The van der Waals surface area contributed by atoms with Gasteiger partial charge in [-0.15, -0.1) is 0 Å². The lowest BCUT2D eigenvalue weighted by atomic mass is 9.98. The van der Waals surface area contributed by atoms with E-state index in [9.17, 15) is 9.90 Å². The van der Waals surface area contributed by atoms with Crippen LogP contribution in [0.4, 0.5) is 17.3 Å². The topological polar surface area (TPSA) is 69.6 Å². The SMILES string of the molecule is O=C(O)C1CCCN(c2cc(N3CCc4ccccc43)ncn2)C1. The van der Waals surface area contributed by atoms with Gasteiger partial charge in [0.15, 0.2) is 0 Å². The van der Waals surface area contributed by atoms with Gasteiger partial charge in [-0.25, -0.2) is 9.97 Å². The van der Waals surface area contributed by atoms with Crippen LogP contribution in [0.15, 0.2) is 36.7 Å². The lowest BCUT2D eigenvalue weighted by Crippen LogP contribution is -2.39. The number of piperidine rings is 1. The van der Waals surface area contributed by atoms with Gasteiger partial charge in [0.05, 0.1) is 5.92 Å². The van der Waals surface area contributed by atoms with Gasteiger partial charge >= 0.3 is 5.97 Å². The third kappa shape index (κ3) is 2.68. The number of carboxylic acids is 1. The minimum absolute atomic E-state index is 0.315. The molecule has 1 N–H and O–H groups in total. The average molecular weight is 324 g/mol. The zero-order valence-electron chi connectivity index (χ0n) is 13.4. The minimum atomic E-state index is -0.720. The highest BCUT2D eigenvalue weighted by Gasteiger charge is 2.27. The number of nitrogens with zero attached hydrogens (tertiary/aromatic N) is 4. The first-order valence-corrected chi connectivity index (χ1v) is 8.37. The number of hydrogen-bond donors (Lipinski definition) is 1. The third-order valence-electron chi connectivity index (χ3n) is 4.90. The molecule has 6 nitrogen and oxygen atoms in total. The molecule has 124 valence electrons. The summed E-state index contributed by atoms with van der Waals surface area (Å²) in [6.45, 7) is 2.27. The normalized spacial score (nSPS) is 20.1. The number of anilines is 3. The van der Waals surface area contributed by atoms with E-state index in [0.29, 0.717) is 6.54 Å². The number of fused-ring (bicyclic) bond motifs is 1. The highest BCUT2D eigenvalue weighted by Crippen LogP contribution is 2.34. The summed E-state index contributed by atoms with van der Waals surface area (Å²) in [4.78, 5) is 24.4. The highest BCUT2D eigenvalue weighted by atomic mass is 16.4. The van der Waals surface area contributed by atoms with Crippen LogP contribution >= 0.6 is 0 Å². The van der Waals surface area contributed by atoms with Crippen LogP contribution < -0.4 is 9.80 Å². The van der Waals surface area contributed by atoms with Crippen LogP contribution in [0.25, 0.3) is 0 Å². The monoisotopic (exact) mass is 324 g/mol. The summed E-state index contributed by atoms with van der Waals surface area (Å²) in [5, 5.41) is 9.27. The van der Waals surface area contributed by atoms with Crippen molar-refractivity contribution < 1.29 is 9.90 Å². The van der Waals surface area contributed by atoms with E-state index in [1.165, 1.54) is 11.3 Å². The number of hydrogen-bond acceptors (Lipinski definition) is 5. The molecule has 4 rings (SSSR count). The predicted octanol–water partition coefficient (Wildman–Crippen LogP) is 2.47. The molecule has 0 amide bonds. The Kier molecular flexibility index (Phi) is 3.80. The maximum atomic E-state index is 11.3. The van der Waals surface area contributed by atoms with Gasteiger partial charge in [-0.2, -0.15) is 0 Å². The molecule has 2 aliphatic rings. The molecule has 0 saturated carbocycles. The van der Waals surface area contributed by atoms with Crippen LogP contribution in [0.2, 0.25) is 0 Å². The van der Waals surface area contributed by atoms with Crippen LogP contribution in [-0.4, -0.2) is 40.7 Å². The molecule has 0 aliphatic carbocycles. The van der Waals surface area contributed by atoms with Crippen molar-refractivity contribution in [2.24, 2.45) is 5.92 Å². The van der Waals surface area contributed by atoms with Gasteiger partial charge in [-0.3, -0.25) is 4.79 Å². The van der Waals surface area contributed by atoms with Crippen LogP contribution in [0.3, 0.4) is 0 Å². The molecule has 0 bridgehead atoms. The second-order valence-electron chi connectivity index (χ2n) is 6.39. The maximum Gasteiger partial charge on any atom is 0.308 e. The van der Waals surface area contributed by atoms with E-state index in [1.54, 1.807) is 6.33 Å². The third-order valence-corrected chi connectivity index (χ3v) is 4.90. The van der Waals surface area contributed by atoms with Gasteiger partial charge in [-0.05, 0) is 30.9 Å². The Labute approximate surface area is 140 Å². The number of para-hydroxylation sites is 1. The molecule has 1 saturated heterocycles. The van der Waals surface area contributed by atoms with Crippen molar-refractivity contribution in [1.82, 2.24) is 9.97 Å². The van der Waals surface area contributed by atoms with Gasteiger partial charge < -0.3 is 14.9 Å². The molecule has 2 aliphatic heterocycles. The summed E-state index contributed by atoms with van der Waals surface area (Å²) in [5.74, 6) is 0.657. The van der Waals surface area contributed by atoms with Crippen molar-refractivity contribution in [2.75, 3.05) is 29.4 Å². The molecule has 1 aromatic heterocycles. The van der Waals surface area contributed by atoms with E-state index in [0.717, 1.165) is 44.0 Å². The largest absolute Gasteiger partial charge is 0.481 e. The first-order chi connectivity index (χ1) is 11.7. The first-order valence-electron chi connectivity index (χ1n) is 8.37. The molecular formula is C18H20N4O2. The summed E-state index contributed by atoms with van der Waals surface area (Å²) >= 11 is 0. The van der Waals surface area contributed by atoms with Crippen LogP contribution in [0, 0.1) is 5.92 Å². The molecule has 3 heterocycles. The molecule has 6 heteroatoms. The lowest BCUT2D eigenvalue weighted by Gasteiger charge is -2.32. The molecule has 1 aromatic carbocycles. The summed E-state index contributed by atoms with van der Waals surface area (Å²) in [7, 11) is 0. The minimum Gasteiger partial charge on any atom is -0.481 e. The Morgan fingerprint density at radius 3 is 2.88 bits per heavy atom. The van der Waals surface area contributed by atoms with E-state index >= 15 is 0 Å². The second-order valence-corrected chi connectivity index (χ2v) is 6.39. The van der Waals surface area contributed by atoms with Crippen LogP contribution in [0.1, 0.15) is 18.4 Å². The van der Waals surface area contributed by atoms with Gasteiger partial charge in [0, 0.05) is 31.4 Å². The zero-order chi connectivity index (χ0) is 16.5. The summed E-state index contributed by atoms with van der Waals surface area (Å²) in [6.07, 6.45) is 4.21. The van der Waals surface area contributed by atoms with Gasteiger partial charge in [-0.1, -0.05) is 18.2 Å². The summed E-state index contributed by atoms with van der Waals surface area (Å²) in [5.41, 5.74) is 2.53. The van der Waals surface area contributed by atoms with Crippen molar-refractivity contribution in [1.29, 1.82) is 0 Å². The van der Waals surface area contributed by atoms with Crippen molar-refractivity contribution in [3.63, 3.8) is 0 Å². The number of benzene rings is 1. The Hall–Kier alpha value is -2.63. The van der Waals surface area contributed by atoms with E-state index in [2.05, 4.69) is 38.0 Å². The molecule has 1 fully saturated rings. The number of rotatable bonds is 3. The zero-order valence-corrected chi connectivity index (χ0v) is 13.4. The number of carboxylic acid groups (broad SMARTS) is 1. The highest BCUT2D eigenvalue weighted by molar-refractivity contribution is 5.72. The van der Waals surface area contributed by atoms with Crippen LogP contribution in [0.5, 0.6) is 0 Å².